The van der Waals surface area contributed by atoms with Crippen molar-refractivity contribution < 1.29 is 18.0 Å². The van der Waals surface area contributed by atoms with Crippen molar-refractivity contribution in [2.24, 2.45) is 0 Å². The number of ketones is 1. The Kier molecular flexibility index (Phi) is 3.66. The molecule has 0 unspecified atom stereocenters. The molecule has 0 bridgehead atoms. The predicted molar refractivity (Wildman–Crippen MR) is 71.6 cm³/mol. The van der Waals surface area contributed by atoms with Crippen molar-refractivity contribution >= 4 is 5.78 Å². The second kappa shape index (κ2) is 5.12. The summed E-state index contributed by atoms with van der Waals surface area (Å²) in [4.78, 5) is 11.3. The topological polar surface area (TPSA) is 17.1 Å². The van der Waals surface area contributed by atoms with Gasteiger partial charge in [-0.25, -0.2) is 0 Å². The van der Waals surface area contributed by atoms with Crippen molar-refractivity contribution in [3.05, 3.63) is 59.2 Å². The Morgan fingerprint density at radius 1 is 1.00 bits per heavy atom. The highest BCUT2D eigenvalue weighted by molar-refractivity contribution is 5.95. The Morgan fingerprint density at radius 3 is 2.20 bits per heavy atom. The van der Waals surface area contributed by atoms with Crippen molar-refractivity contribution in [1.82, 2.24) is 0 Å². The van der Waals surface area contributed by atoms with Gasteiger partial charge < -0.3 is 0 Å². The zero-order valence-corrected chi connectivity index (χ0v) is 11.1. The second-order valence-electron chi connectivity index (χ2n) is 4.63. The normalized spacial score (nSPS) is 11.4. The number of Topliss-reactive ketones (excluding diaryl/α,β-unsaturated/α-hetero) is 1. The van der Waals surface area contributed by atoms with Crippen molar-refractivity contribution in [3.8, 4) is 11.1 Å². The minimum atomic E-state index is -4.40. The first-order chi connectivity index (χ1) is 9.30. The van der Waals surface area contributed by atoms with Crippen molar-refractivity contribution in [1.29, 1.82) is 0 Å². The van der Waals surface area contributed by atoms with E-state index in [1.165, 1.54) is 19.1 Å². The molecule has 0 radical (unpaired) electrons. The molecule has 4 heteroatoms. The monoisotopic (exact) mass is 278 g/mol. The molecule has 2 rings (SSSR count). The summed E-state index contributed by atoms with van der Waals surface area (Å²) in [6.07, 6.45) is -4.40. The molecule has 20 heavy (non-hydrogen) atoms. The molecule has 2 aromatic rings. The third-order valence-corrected chi connectivity index (χ3v) is 3.16. The summed E-state index contributed by atoms with van der Waals surface area (Å²) >= 11 is 0. The van der Waals surface area contributed by atoms with E-state index in [1.807, 2.05) is 0 Å². The average Bonchev–Trinajstić information content (AvgIpc) is 2.37. The molecule has 0 aliphatic heterocycles. The molecule has 1 nitrogen and oxygen atoms in total. The molecule has 0 amide bonds. The van der Waals surface area contributed by atoms with Gasteiger partial charge in [-0.1, -0.05) is 30.3 Å². The quantitative estimate of drug-likeness (QED) is 0.715. The van der Waals surface area contributed by atoms with Gasteiger partial charge in [0.15, 0.2) is 5.78 Å². The van der Waals surface area contributed by atoms with Crippen LogP contribution in [0.3, 0.4) is 0 Å². The Hall–Kier alpha value is -2.10. The maximum atomic E-state index is 13.0. The van der Waals surface area contributed by atoms with Crippen LogP contribution in [0.1, 0.15) is 28.4 Å². The van der Waals surface area contributed by atoms with E-state index in [0.29, 0.717) is 16.7 Å². The lowest BCUT2D eigenvalue weighted by Crippen LogP contribution is -2.07. The van der Waals surface area contributed by atoms with Gasteiger partial charge >= 0.3 is 6.18 Å². The smallest absolute Gasteiger partial charge is 0.295 e. The lowest BCUT2D eigenvalue weighted by atomic mass is 9.94. The molecule has 0 heterocycles. The van der Waals surface area contributed by atoms with Crippen LogP contribution in [0.25, 0.3) is 11.1 Å². The van der Waals surface area contributed by atoms with Crippen LogP contribution in [0.15, 0.2) is 42.5 Å². The van der Waals surface area contributed by atoms with Gasteiger partial charge in [-0.15, -0.1) is 0 Å². The highest BCUT2D eigenvalue weighted by Gasteiger charge is 2.33. The molecule has 0 fully saturated rings. The fourth-order valence-corrected chi connectivity index (χ4v) is 2.15. The van der Waals surface area contributed by atoms with E-state index < -0.39 is 11.7 Å². The van der Waals surface area contributed by atoms with Crippen molar-refractivity contribution in [2.45, 2.75) is 20.0 Å². The average molecular weight is 278 g/mol. The van der Waals surface area contributed by atoms with Gasteiger partial charge in [-0.3, -0.25) is 4.79 Å². The van der Waals surface area contributed by atoms with Crippen LogP contribution in [0, 0.1) is 6.92 Å². The molecular weight excluding hydrogens is 265 g/mol. The first-order valence-electron chi connectivity index (χ1n) is 6.09. The van der Waals surface area contributed by atoms with Gasteiger partial charge in [0.05, 0.1) is 5.56 Å². The maximum absolute atomic E-state index is 13.0. The highest BCUT2D eigenvalue weighted by Crippen LogP contribution is 2.38. The summed E-state index contributed by atoms with van der Waals surface area (Å²) in [6.45, 7) is 3.13. The summed E-state index contributed by atoms with van der Waals surface area (Å²) < 4.78 is 39.1. The first kappa shape index (κ1) is 14.3. The summed E-state index contributed by atoms with van der Waals surface area (Å²) in [5.74, 6) is -0.108. The molecule has 0 N–H and O–H groups in total. The molecule has 0 aromatic heterocycles. The van der Waals surface area contributed by atoms with Crippen LogP contribution < -0.4 is 0 Å². The number of hydrogen-bond acceptors (Lipinski definition) is 1. The van der Waals surface area contributed by atoms with Gasteiger partial charge in [-0.2, -0.15) is 13.2 Å². The molecule has 104 valence electrons. The SMILES string of the molecule is CC(=O)c1ccc(-c2ccccc2C(F)(F)F)c(C)c1. The molecule has 0 aliphatic carbocycles. The number of carbonyl (C=O) groups excluding carboxylic acids is 1. The third-order valence-electron chi connectivity index (χ3n) is 3.16. The van der Waals surface area contributed by atoms with Crippen LogP contribution in [0.5, 0.6) is 0 Å². The lowest BCUT2D eigenvalue weighted by Gasteiger charge is -2.15. The first-order valence-corrected chi connectivity index (χ1v) is 6.09. The number of benzene rings is 2. The van der Waals surface area contributed by atoms with Gasteiger partial charge in [0, 0.05) is 5.56 Å². The highest BCUT2D eigenvalue weighted by atomic mass is 19.4. The van der Waals surface area contributed by atoms with E-state index in [1.54, 1.807) is 31.2 Å². The van der Waals surface area contributed by atoms with Crippen molar-refractivity contribution in [2.75, 3.05) is 0 Å². The van der Waals surface area contributed by atoms with Crippen LogP contribution >= 0.6 is 0 Å². The second-order valence-corrected chi connectivity index (χ2v) is 4.63. The molecule has 2 aromatic carbocycles. The maximum Gasteiger partial charge on any atom is 0.417 e. The zero-order chi connectivity index (χ0) is 14.9. The number of rotatable bonds is 2. The molecule has 0 aliphatic rings. The Morgan fingerprint density at radius 2 is 1.65 bits per heavy atom. The summed E-state index contributed by atoms with van der Waals surface area (Å²) in [6, 6.07) is 10.2. The third kappa shape index (κ3) is 2.74. The van der Waals surface area contributed by atoms with Crippen LogP contribution in [0.2, 0.25) is 0 Å². The summed E-state index contributed by atoms with van der Waals surface area (Å²) in [5, 5.41) is 0. The molecule has 0 saturated heterocycles. The summed E-state index contributed by atoms with van der Waals surface area (Å²) in [7, 11) is 0. The van der Waals surface area contributed by atoms with Gasteiger partial charge in [0.25, 0.3) is 0 Å². The lowest BCUT2D eigenvalue weighted by molar-refractivity contribution is -0.137. The fraction of sp³-hybridized carbons (Fsp3) is 0.188. The van der Waals surface area contributed by atoms with E-state index >= 15 is 0 Å². The van der Waals surface area contributed by atoms with Gasteiger partial charge in [0.2, 0.25) is 0 Å². The van der Waals surface area contributed by atoms with E-state index in [9.17, 15) is 18.0 Å². The molecular formula is C16H13F3O. The van der Waals surface area contributed by atoms with Crippen LogP contribution in [-0.4, -0.2) is 5.78 Å². The van der Waals surface area contributed by atoms with Gasteiger partial charge in [0.1, 0.15) is 0 Å². The standard InChI is InChI=1S/C16H13F3O/c1-10-9-12(11(2)20)7-8-13(10)14-5-3-4-6-15(14)16(17,18)19/h3-9H,1-2H3. The minimum Gasteiger partial charge on any atom is -0.295 e. The minimum absolute atomic E-state index is 0.108. The number of hydrogen-bond donors (Lipinski definition) is 0. The largest absolute Gasteiger partial charge is 0.417 e. The number of carbonyl (C=O) groups is 1. The fourth-order valence-electron chi connectivity index (χ4n) is 2.15. The number of aryl methyl sites for hydroxylation is 1. The summed E-state index contributed by atoms with van der Waals surface area (Å²) in [5.41, 5.74) is 1.10. The Balaban J connectivity index is 2.61. The van der Waals surface area contributed by atoms with E-state index in [4.69, 9.17) is 0 Å². The van der Waals surface area contributed by atoms with E-state index in [2.05, 4.69) is 0 Å². The molecule has 0 saturated carbocycles. The van der Waals surface area contributed by atoms with E-state index in [-0.39, 0.29) is 11.3 Å². The number of halogens is 3. The molecule has 0 atom stereocenters. The van der Waals surface area contributed by atoms with E-state index in [0.717, 1.165) is 6.07 Å². The van der Waals surface area contributed by atoms with Crippen LogP contribution in [-0.2, 0) is 6.18 Å². The molecule has 0 spiro atoms. The Bertz CT molecular complexity index is 657. The van der Waals surface area contributed by atoms with Crippen LogP contribution in [0.4, 0.5) is 13.2 Å². The van der Waals surface area contributed by atoms with Crippen molar-refractivity contribution in [3.63, 3.8) is 0 Å². The zero-order valence-electron chi connectivity index (χ0n) is 11.1. The predicted octanol–water partition coefficient (Wildman–Crippen LogP) is 4.88. The van der Waals surface area contributed by atoms with Gasteiger partial charge in [-0.05, 0) is 42.7 Å². The number of alkyl halides is 3. The Labute approximate surface area is 115 Å².